The van der Waals surface area contributed by atoms with E-state index in [1.54, 1.807) is 11.8 Å². The predicted octanol–water partition coefficient (Wildman–Crippen LogP) is 2.06. The number of likely N-dealkylation sites (N-methyl/N-ethyl adjacent to an activating group) is 1. The van der Waals surface area contributed by atoms with E-state index < -0.39 is 44.5 Å². The van der Waals surface area contributed by atoms with Crippen molar-refractivity contribution in [2.75, 3.05) is 13.1 Å². The van der Waals surface area contributed by atoms with E-state index >= 15 is 0 Å². The van der Waals surface area contributed by atoms with Gasteiger partial charge in [0.15, 0.2) is 0 Å². The Morgan fingerprint density at radius 3 is 2.42 bits per heavy atom. The van der Waals surface area contributed by atoms with Crippen molar-refractivity contribution in [1.82, 2.24) is 9.62 Å². The van der Waals surface area contributed by atoms with E-state index in [0.717, 1.165) is 0 Å². The molecule has 1 aliphatic rings. The van der Waals surface area contributed by atoms with Crippen molar-refractivity contribution in [3.63, 3.8) is 0 Å². The summed E-state index contributed by atoms with van der Waals surface area (Å²) in [6.45, 7) is 2.11. The van der Waals surface area contributed by atoms with Crippen molar-refractivity contribution in [3.05, 3.63) is 29.6 Å². The van der Waals surface area contributed by atoms with Crippen LogP contribution in [0.3, 0.4) is 0 Å². The average molecular weight is 398 g/mol. The zero-order chi connectivity index (χ0) is 19.7. The van der Waals surface area contributed by atoms with E-state index in [4.69, 9.17) is 5.11 Å². The van der Waals surface area contributed by atoms with Crippen molar-refractivity contribution in [2.45, 2.75) is 42.9 Å². The number of carboxylic acid groups (broad SMARTS) is 1. The van der Waals surface area contributed by atoms with Gasteiger partial charge >= 0.3 is 12.1 Å². The molecule has 0 saturated heterocycles. The Balaban J connectivity index is 2.02. The molecule has 146 valence electrons. The molecule has 0 spiro atoms. The second kappa shape index (κ2) is 7.49. The zero-order valence-electron chi connectivity index (χ0n) is 13.8. The highest BCUT2D eigenvalue weighted by molar-refractivity contribution is 7.89. The molecule has 1 aromatic rings. The van der Waals surface area contributed by atoms with Crippen molar-refractivity contribution >= 4 is 16.0 Å². The molecule has 1 aromatic carbocycles. The third-order valence-corrected chi connectivity index (χ3v) is 5.77. The monoisotopic (exact) mass is 398 g/mol. The fourth-order valence-corrected chi connectivity index (χ4v) is 4.11. The van der Waals surface area contributed by atoms with Gasteiger partial charge < -0.3 is 5.11 Å². The SMILES string of the molecule is CCN(CC(=O)O)C1CC(NS(=O)(=O)c2ccc(C(F)(F)F)c(F)c2)C1. The van der Waals surface area contributed by atoms with E-state index in [0.29, 0.717) is 37.6 Å². The third-order valence-electron chi connectivity index (χ3n) is 4.25. The Bertz CT molecular complexity index is 776. The number of carboxylic acids is 1. The maximum atomic E-state index is 13.6. The van der Waals surface area contributed by atoms with Crippen molar-refractivity contribution < 1.29 is 35.9 Å². The van der Waals surface area contributed by atoms with Gasteiger partial charge in [-0.2, -0.15) is 13.2 Å². The lowest BCUT2D eigenvalue weighted by molar-refractivity contribution is -0.140. The van der Waals surface area contributed by atoms with Crippen LogP contribution in [0.15, 0.2) is 23.1 Å². The highest BCUT2D eigenvalue weighted by Gasteiger charge is 2.38. The normalized spacial score (nSPS) is 20.8. The average Bonchev–Trinajstić information content (AvgIpc) is 2.47. The van der Waals surface area contributed by atoms with Crippen LogP contribution in [0.2, 0.25) is 0 Å². The number of benzene rings is 1. The van der Waals surface area contributed by atoms with Gasteiger partial charge in [-0.3, -0.25) is 9.69 Å². The molecule has 0 atom stereocenters. The minimum absolute atomic E-state index is 0.104. The molecule has 2 rings (SSSR count). The van der Waals surface area contributed by atoms with E-state index in [9.17, 15) is 30.8 Å². The fraction of sp³-hybridized carbons (Fsp3) is 0.533. The Morgan fingerprint density at radius 2 is 1.96 bits per heavy atom. The Morgan fingerprint density at radius 1 is 1.35 bits per heavy atom. The van der Waals surface area contributed by atoms with Crippen LogP contribution in [0.5, 0.6) is 0 Å². The minimum Gasteiger partial charge on any atom is -0.480 e. The molecule has 0 bridgehead atoms. The van der Waals surface area contributed by atoms with Crippen LogP contribution in [-0.2, 0) is 21.0 Å². The van der Waals surface area contributed by atoms with Gasteiger partial charge in [0.25, 0.3) is 0 Å². The maximum absolute atomic E-state index is 13.6. The summed E-state index contributed by atoms with van der Waals surface area (Å²) in [6, 6.07) is 0.836. The number of carbonyl (C=O) groups is 1. The number of sulfonamides is 1. The quantitative estimate of drug-likeness (QED) is 0.687. The van der Waals surface area contributed by atoms with Gasteiger partial charge in [-0.15, -0.1) is 0 Å². The minimum atomic E-state index is -4.91. The summed E-state index contributed by atoms with van der Waals surface area (Å²) in [7, 11) is -4.18. The molecule has 2 N–H and O–H groups in total. The van der Waals surface area contributed by atoms with Crippen LogP contribution >= 0.6 is 0 Å². The van der Waals surface area contributed by atoms with Crippen LogP contribution < -0.4 is 4.72 Å². The highest BCUT2D eigenvalue weighted by atomic mass is 32.2. The Labute approximate surface area is 147 Å². The first-order chi connectivity index (χ1) is 11.9. The van der Waals surface area contributed by atoms with E-state index in [-0.39, 0.29) is 12.6 Å². The van der Waals surface area contributed by atoms with Gasteiger partial charge in [-0.05, 0) is 37.6 Å². The molecular weight excluding hydrogens is 380 g/mol. The molecule has 1 fully saturated rings. The first-order valence-corrected chi connectivity index (χ1v) is 9.27. The molecule has 26 heavy (non-hydrogen) atoms. The number of nitrogens with zero attached hydrogens (tertiary/aromatic N) is 1. The summed E-state index contributed by atoms with van der Waals surface area (Å²) in [5.74, 6) is -2.65. The summed E-state index contributed by atoms with van der Waals surface area (Å²) in [6.07, 6.45) is -4.18. The van der Waals surface area contributed by atoms with Crippen LogP contribution in [0.1, 0.15) is 25.3 Å². The van der Waals surface area contributed by atoms with Gasteiger partial charge in [-0.25, -0.2) is 17.5 Å². The van der Waals surface area contributed by atoms with Crippen molar-refractivity contribution in [2.24, 2.45) is 0 Å². The molecule has 0 heterocycles. The molecule has 11 heteroatoms. The predicted molar refractivity (Wildman–Crippen MR) is 83.4 cm³/mol. The number of nitrogens with one attached hydrogen (secondary N) is 1. The highest BCUT2D eigenvalue weighted by Crippen LogP contribution is 2.33. The summed E-state index contributed by atoms with van der Waals surface area (Å²) in [4.78, 5) is 11.9. The Hall–Kier alpha value is -1.72. The van der Waals surface area contributed by atoms with E-state index in [2.05, 4.69) is 4.72 Å². The molecule has 1 saturated carbocycles. The summed E-state index contributed by atoms with van der Waals surface area (Å²) >= 11 is 0. The smallest absolute Gasteiger partial charge is 0.419 e. The molecule has 0 unspecified atom stereocenters. The second-order valence-corrected chi connectivity index (χ2v) is 7.75. The number of rotatable bonds is 7. The van der Waals surface area contributed by atoms with E-state index in [1.165, 1.54) is 0 Å². The summed E-state index contributed by atoms with van der Waals surface area (Å²) in [5, 5.41) is 8.82. The lowest BCUT2D eigenvalue weighted by Gasteiger charge is -2.42. The van der Waals surface area contributed by atoms with Gasteiger partial charge in [0.2, 0.25) is 10.0 Å². The third kappa shape index (κ3) is 4.71. The van der Waals surface area contributed by atoms with Crippen LogP contribution in [0.25, 0.3) is 0 Å². The number of alkyl halides is 3. The number of hydrogen-bond acceptors (Lipinski definition) is 4. The van der Waals surface area contributed by atoms with Gasteiger partial charge in [0.1, 0.15) is 5.82 Å². The van der Waals surface area contributed by atoms with Crippen LogP contribution in [0, 0.1) is 5.82 Å². The summed E-state index contributed by atoms with van der Waals surface area (Å²) < 4.78 is 77.9. The number of aliphatic carboxylic acids is 1. The van der Waals surface area contributed by atoms with Gasteiger partial charge in [0, 0.05) is 12.1 Å². The topological polar surface area (TPSA) is 86.7 Å². The summed E-state index contributed by atoms with van der Waals surface area (Å²) in [5.41, 5.74) is -1.53. The molecule has 0 aromatic heterocycles. The van der Waals surface area contributed by atoms with Gasteiger partial charge in [0.05, 0.1) is 17.0 Å². The fourth-order valence-electron chi connectivity index (χ4n) is 2.84. The molecule has 0 aliphatic heterocycles. The Kier molecular flexibility index (Phi) is 5.93. The van der Waals surface area contributed by atoms with E-state index in [1.807, 2.05) is 0 Å². The first-order valence-electron chi connectivity index (χ1n) is 7.79. The van der Waals surface area contributed by atoms with Crippen LogP contribution in [-0.4, -0.2) is 49.6 Å². The molecule has 0 radical (unpaired) electrons. The van der Waals surface area contributed by atoms with Crippen LogP contribution in [0.4, 0.5) is 17.6 Å². The second-order valence-electron chi connectivity index (χ2n) is 6.04. The molecule has 6 nitrogen and oxygen atoms in total. The lowest BCUT2D eigenvalue weighted by atomic mass is 9.86. The first kappa shape index (κ1) is 20.6. The lowest BCUT2D eigenvalue weighted by Crippen LogP contribution is -2.54. The molecular formula is C15H18F4N2O4S. The van der Waals surface area contributed by atoms with Crippen molar-refractivity contribution in [1.29, 1.82) is 0 Å². The van der Waals surface area contributed by atoms with Crippen molar-refractivity contribution in [3.8, 4) is 0 Å². The zero-order valence-corrected chi connectivity index (χ0v) is 14.6. The number of halogens is 4. The molecule has 0 amide bonds. The number of hydrogen-bond donors (Lipinski definition) is 2. The van der Waals surface area contributed by atoms with Gasteiger partial charge in [-0.1, -0.05) is 6.92 Å². The largest absolute Gasteiger partial charge is 0.480 e. The maximum Gasteiger partial charge on any atom is 0.419 e. The standard InChI is InChI=1S/C15H18F4N2O4S/c1-2-21(8-14(22)23)10-5-9(6-10)20-26(24,25)11-3-4-12(13(16)7-11)15(17,18)19/h3-4,7,9-10,20H,2,5-6,8H2,1H3,(H,22,23). The molecule has 1 aliphatic carbocycles.